The van der Waals surface area contributed by atoms with Crippen molar-refractivity contribution in [2.24, 2.45) is 5.92 Å². The van der Waals surface area contributed by atoms with E-state index in [4.69, 9.17) is 5.11 Å². The van der Waals surface area contributed by atoms with E-state index in [0.717, 1.165) is 0 Å². The zero-order valence-electron chi connectivity index (χ0n) is 9.36. The van der Waals surface area contributed by atoms with Gasteiger partial charge in [0.1, 0.15) is 12.1 Å². The molecule has 0 aromatic carbocycles. The lowest BCUT2D eigenvalue weighted by atomic mass is 10.1. The van der Waals surface area contributed by atoms with Crippen LogP contribution in [0.3, 0.4) is 0 Å². The first-order valence-electron chi connectivity index (χ1n) is 5.11. The summed E-state index contributed by atoms with van der Waals surface area (Å²) in [5, 5.41) is 20.5. The van der Waals surface area contributed by atoms with Crippen molar-refractivity contribution in [2.75, 3.05) is 0 Å². The lowest BCUT2D eigenvalue weighted by Crippen LogP contribution is -2.46. The van der Waals surface area contributed by atoms with Gasteiger partial charge in [-0.15, -0.1) is 0 Å². The number of carboxylic acids is 1. The van der Waals surface area contributed by atoms with E-state index in [1.54, 1.807) is 13.8 Å². The molecule has 0 bridgehead atoms. The zero-order valence-corrected chi connectivity index (χ0v) is 9.36. The van der Waals surface area contributed by atoms with Crippen LogP contribution in [-0.4, -0.2) is 34.2 Å². The molecule has 0 aliphatic rings. The largest absolute Gasteiger partial charge is 0.480 e. The molecule has 0 spiro atoms. The first-order valence-corrected chi connectivity index (χ1v) is 5.11. The molecule has 0 fully saturated rings. The van der Waals surface area contributed by atoms with Gasteiger partial charge in [0.25, 0.3) is 0 Å². The lowest BCUT2D eigenvalue weighted by Gasteiger charge is -2.18. The Morgan fingerprint density at radius 1 is 1.33 bits per heavy atom. The lowest BCUT2D eigenvalue weighted by molar-refractivity contribution is -0.144. The first-order chi connectivity index (χ1) is 6.90. The molecule has 5 nitrogen and oxygen atoms in total. The third-order valence-electron chi connectivity index (χ3n) is 2.09. The Balaban J connectivity index is 4.28. The minimum Gasteiger partial charge on any atom is -0.480 e. The Kier molecular flexibility index (Phi) is 5.93. The summed E-state index contributed by atoms with van der Waals surface area (Å²) in [7, 11) is 0. The van der Waals surface area contributed by atoms with Crippen LogP contribution in [0.15, 0.2) is 0 Å². The van der Waals surface area contributed by atoms with E-state index in [0.29, 0.717) is 12.8 Å². The third-order valence-corrected chi connectivity index (χ3v) is 2.09. The van der Waals surface area contributed by atoms with Gasteiger partial charge in [-0.3, -0.25) is 4.79 Å². The van der Waals surface area contributed by atoms with Gasteiger partial charge in [0.2, 0.25) is 5.91 Å². The second kappa shape index (κ2) is 6.40. The van der Waals surface area contributed by atoms with Crippen molar-refractivity contribution in [1.29, 1.82) is 0 Å². The molecule has 2 unspecified atom stereocenters. The number of nitrogens with one attached hydrogen (secondary N) is 1. The Hall–Kier alpha value is -1.10. The zero-order chi connectivity index (χ0) is 12.0. The number of carbonyl (C=O) groups excluding carboxylic acids is 1. The molecule has 88 valence electrons. The van der Waals surface area contributed by atoms with Crippen LogP contribution in [0.25, 0.3) is 0 Å². The SMILES string of the molecule is CCCC(NC(=O)C(O)C(C)C)C(=O)O. The fourth-order valence-corrected chi connectivity index (χ4v) is 1.11. The Morgan fingerprint density at radius 3 is 2.20 bits per heavy atom. The molecule has 1 amide bonds. The number of aliphatic hydroxyl groups excluding tert-OH is 1. The summed E-state index contributed by atoms with van der Waals surface area (Å²) in [6.45, 7) is 5.22. The maximum atomic E-state index is 11.3. The van der Waals surface area contributed by atoms with Crippen molar-refractivity contribution in [3.63, 3.8) is 0 Å². The van der Waals surface area contributed by atoms with Crippen LogP contribution < -0.4 is 5.32 Å². The maximum absolute atomic E-state index is 11.3. The molecule has 0 aromatic rings. The van der Waals surface area contributed by atoms with E-state index in [9.17, 15) is 14.7 Å². The Morgan fingerprint density at radius 2 is 1.87 bits per heavy atom. The van der Waals surface area contributed by atoms with Gasteiger partial charge in [0.05, 0.1) is 0 Å². The maximum Gasteiger partial charge on any atom is 0.326 e. The van der Waals surface area contributed by atoms with Crippen molar-refractivity contribution in [2.45, 2.75) is 45.8 Å². The summed E-state index contributed by atoms with van der Waals surface area (Å²) in [5.74, 6) is -1.91. The average Bonchev–Trinajstić information content (AvgIpc) is 2.15. The summed E-state index contributed by atoms with van der Waals surface area (Å²) in [5.41, 5.74) is 0. The van der Waals surface area contributed by atoms with Crippen LogP contribution >= 0.6 is 0 Å². The second-order valence-electron chi connectivity index (χ2n) is 3.88. The number of hydrogen-bond acceptors (Lipinski definition) is 3. The van der Waals surface area contributed by atoms with Crippen molar-refractivity contribution in [3.8, 4) is 0 Å². The van der Waals surface area contributed by atoms with Crippen LogP contribution in [0.1, 0.15) is 33.6 Å². The molecule has 0 radical (unpaired) electrons. The predicted molar refractivity (Wildman–Crippen MR) is 55.3 cm³/mol. The number of aliphatic hydroxyl groups is 1. The second-order valence-corrected chi connectivity index (χ2v) is 3.88. The van der Waals surface area contributed by atoms with Gasteiger partial charge in [-0.25, -0.2) is 4.79 Å². The molecule has 2 atom stereocenters. The number of amides is 1. The molecule has 0 rings (SSSR count). The molecule has 5 heteroatoms. The number of aliphatic carboxylic acids is 1. The molecule has 0 saturated carbocycles. The number of carboxylic acid groups (broad SMARTS) is 1. The highest BCUT2D eigenvalue weighted by molar-refractivity contribution is 5.86. The van der Waals surface area contributed by atoms with Crippen molar-refractivity contribution in [3.05, 3.63) is 0 Å². The fourth-order valence-electron chi connectivity index (χ4n) is 1.11. The molecular formula is C10H19NO4. The highest BCUT2D eigenvalue weighted by Gasteiger charge is 2.24. The van der Waals surface area contributed by atoms with E-state index in [-0.39, 0.29) is 5.92 Å². The minimum atomic E-state index is -1.15. The van der Waals surface area contributed by atoms with Gasteiger partial charge in [0.15, 0.2) is 0 Å². The summed E-state index contributed by atoms with van der Waals surface area (Å²) in [6.07, 6.45) is -0.121. The average molecular weight is 217 g/mol. The molecule has 15 heavy (non-hydrogen) atoms. The van der Waals surface area contributed by atoms with E-state index >= 15 is 0 Å². The summed E-state index contributed by atoms with van der Waals surface area (Å²) in [6, 6.07) is -0.907. The van der Waals surface area contributed by atoms with Crippen molar-refractivity contribution < 1.29 is 19.8 Å². The fraction of sp³-hybridized carbons (Fsp3) is 0.800. The van der Waals surface area contributed by atoms with Crippen LogP contribution in [0.2, 0.25) is 0 Å². The molecule has 0 aliphatic heterocycles. The van der Waals surface area contributed by atoms with Crippen LogP contribution in [0.4, 0.5) is 0 Å². The Bertz CT molecular complexity index is 227. The number of carbonyl (C=O) groups is 2. The standard InChI is InChI=1S/C10H19NO4/c1-4-5-7(10(14)15)11-9(13)8(12)6(2)3/h6-8,12H,4-5H2,1-3H3,(H,11,13)(H,14,15). The van der Waals surface area contributed by atoms with Gasteiger partial charge in [0, 0.05) is 0 Å². The summed E-state index contributed by atoms with van der Waals surface area (Å²) in [4.78, 5) is 22.1. The summed E-state index contributed by atoms with van der Waals surface area (Å²) >= 11 is 0. The van der Waals surface area contributed by atoms with Crippen LogP contribution in [0.5, 0.6) is 0 Å². The molecule has 0 saturated heterocycles. The molecular weight excluding hydrogens is 198 g/mol. The monoisotopic (exact) mass is 217 g/mol. The smallest absolute Gasteiger partial charge is 0.326 e. The van der Waals surface area contributed by atoms with Crippen LogP contribution in [0, 0.1) is 5.92 Å². The highest BCUT2D eigenvalue weighted by Crippen LogP contribution is 2.03. The normalized spacial score (nSPS) is 14.7. The van der Waals surface area contributed by atoms with Crippen molar-refractivity contribution >= 4 is 11.9 Å². The minimum absolute atomic E-state index is 0.221. The van der Waals surface area contributed by atoms with Crippen LogP contribution in [-0.2, 0) is 9.59 Å². The van der Waals surface area contributed by atoms with E-state index in [1.807, 2.05) is 6.92 Å². The van der Waals surface area contributed by atoms with Gasteiger partial charge in [-0.1, -0.05) is 27.2 Å². The molecule has 0 heterocycles. The van der Waals surface area contributed by atoms with Gasteiger partial charge in [-0.2, -0.15) is 0 Å². The van der Waals surface area contributed by atoms with E-state index < -0.39 is 24.0 Å². The van der Waals surface area contributed by atoms with Gasteiger partial charge in [-0.05, 0) is 12.3 Å². The highest BCUT2D eigenvalue weighted by atomic mass is 16.4. The number of hydrogen-bond donors (Lipinski definition) is 3. The quantitative estimate of drug-likeness (QED) is 0.600. The van der Waals surface area contributed by atoms with Gasteiger partial charge >= 0.3 is 5.97 Å². The number of rotatable bonds is 6. The van der Waals surface area contributed by atoms with Crippen molar-refractivity contribution in [1.82, 2.24) is 5.32 Å². The van der Waals surface area contributed by atoms with Gasteiger partial charge < -0.3 is 15.5 Å². The molecule has 0 aliphatic carbocycles. The van der Waals surface area contributed by atoms with E-state index in [2.05, 4.69) is 5.32 Å². The molecule has 3 N–H and O–H groups in total. The topological polar surface area (TPSA) is 86.6 Å². The molecule has 0 aromatic heterocycles. The predicted octanol–water partition coefficient (Wildman–Crippen LogP) is 0.373. The Labute approximate surface area is 89.5 Å². The third kappa shape index (κ3) is 4.78. The van der Waals surface area contributed by atoms with E-state index in [1.165, 1.54) is 0 Å². The first kappa shape index (κ1) is 13.9. The summed E-state index contributed by atoms with van der Waals surface area (Å²) < 4.78 is 0.